The lowest BCUT2D eigenvalue weighted by molar-refractivity contribution is 0.701. The maximum absolute atomic E-state index is 4.25. The zero-order valence-corrected chi connectivity index (χ0v) is 11.3. The summed E-state index contributed by atoms with van der Waals surface area (Å²) in [5.74, 6) is 0. The van der Waals surface area contributed by atoms with Crippen LogP contribution in [0.5, 0.6) is 0 Å². The lowest BCUT2D eigenvalue weighted by Crippen LogP contribution is -2.05. The van der Waals surface area contributed by atoms with Gasteiger partial charge in [-0.15, -0.1) is 11.8 Å². The number of aromatic nitrogens is 2. The molecule has 4 heteroatoms. The molecule has 0 unspecified atom stereocenters. The minimum Gasteiger partial charge on any atom is -0.379 e. The summed E-state index contributed by atoms with van der Waals surface area (Å²) in [4.78, 5) is 5.54. The highest BCUT2D eigenvalue weighted by molar-refractivity contribution is 7.98. The summed E-state index contributed by atoms with van der Waals surface area (Å²) in [7, 11) is 0. The molecular weight excluding hydrogens is 242 g/mol. The van der Waals surface area contributed by atoms with Crippen molar-refractivity contribution in [1.82, 2.24) is 9.55 Å². The largest absolute Gasteiger partial charge is 0.379 e. The Morgan fingerprint density at radius 2 is 2.33 bits per heavy atom. The van der Waals surface area contributed by atoms with Gasteiger partial charge in [-0.2, -0.15) is 0 Å². The number of thioether (sulfide) groups is 1. The van der Waals surface area contributed by atoms with Gasteiger partial charge >= 0.3 is 0 Å². The number of hydrogen-bond acceptors (Lipinski definition) is 3. The molecule has 0 aliphatic heterocycles. The molecule has 0 bridgehead atoms. The van der Waals surface area contributed by atoms with E-state index in [9.17, 15) is 0 Å². The smallest absolute Gasteiger partial charge is 0.0951 e. The number of benzene rings is 1. The quantitative estimate of drug-likeness (QED) is 0.833. The monoisotopic (exact) mass is 259 g/mol. The van der Waals surface area contributed by atoms with Gasteiger partial charge in [0.15, 0.2) is 0 Å². The molecule has 1 aliphatic rings. The second-order valence-electron chi connectivity index (χ2n) is 4.61. The molecule has 3 rings (SSSR count). The third-order valence-corrected chi connectivity index (χ3v) is 3.96. The second kappa shape index (κ2) is 5.06. The normalized spacial score (nSPS) is 14.7. The van der Waals surface area contributed by atoms with E-state index in [1.54, 1.807) is 11.8 Å². The molecule has 0 radical (unpaired) electrons. The van der Waals surface area contributed by atoms with Gasteiger partial charge in [-0.1, -0.05) is 6.07 Å². The first-order valence-electron chi connectivity index (χ1n) is 6.25. The molecule has 0 spiro atoms. The van der Waals surface area contributed by atoms with Crippen molar-refractivity contribution in [2.24, 2.45) is 0 Å². The number of nitrogens with zero attached hydrogens (tertiary/aromatic N) is 2. The van der Waals surface area contributed by atoms with Crippen LogP contribution in [0.4, 0.5) is 5.69 Å². The third-order valence-electron chi connectivity index (χ3n) is 3.23. The summed E-state index contributed by atoms with van der Waals surface area (Å²) in [6, 6.07) is 9.21. The lowest BCUT2D eigenvalue weighted by atomic mass is 10.3. The molecule has 1 heterocycles. The highest BCUT2D eigenvalue weighted by Gasteiger charge is 2.24. The Bertz CT molecular complexity index is 531. The molecule has 0 amide bonds. The molecule has 94 valence electrons. The van der Waals surface area contributed by atoms with Crippen LogP contribution in [0.3, 0.4) is 0 Å². The topological polar surface area (TPSA) is 29.9 Å². The fourth-order valence-electron chi connectivity index (χ4n) is 2.08. The SMILES string of the molecule is CSc1cccc(NCc2cncn2C2CC2)c1. The van der Waals surface area contributed by atoms with Crippen LogP contribution in [-0.4, -0.2) is 15.8 Å². The zero-order chi connectivity index (χ0) is 12.4. The van der Waals surface area contributed by atoms with Crippen molar-refractivity contribution >= 4 is 17.4 Å². The first-order valence-corrected chi connectivity index (χ1v) is 7.48. The Labute approximate surface area is 112 Å². The fourth-order valence-corrected chi connectivity index (χ4v) is 2.54. The lowest BCUT2D eigenvalue weighted by Gasteiger charge is -2.09. The predicted molar refractivity (Wildman–Crippen MR) is 76.0 cm³/mol. The first kappa shape index (κ1) is 11.7. The Kier molecular flexibility index (Phi) is 3.28. The van der Waals surface area contributed by atoms with Gasteiger partial charge < -0.3 is 9.88 Å². The van der Waals surface area contributed by atoms with Crippen molar-refractivity contribution in [1.29, 1.82) is 0 Å². The van der Waals surface area contributed by atoms with Gasteiger partial charge in [-0.05, 0) is 37.3 Å². The molecule has 1 aromatic carbocycles. The minimum atomic E-state index is 0.696. The highest BCUT2D eigenvalue weighted by atomic mass is 32.2. The van der Waals surface area contributed by atoms with Crippen molar-refractivity contribution in [3.8, 4) is 0 Å². The van der Waals surface area contributed by atoms with Gasteiger partial charge in [-0.25, -0.2) is 4.98 Å². The summed E-state index contributed by atoms with van der Waals surface area (Å²) in [5.41, 5.74) is 2.44. The average molecular weight is 259 g/mol. The summed E-state index contributed by atoms with van der Waals surface area (Å²) < 4.78 is 2.30. The molecule has 18 heavy (non-hydrogen) atoms. The zero-order valence-electron chi connectivity index (χ0n) is 10.5. The van der Waals surface area contributed by atoms with E-state index in [2.05, 4.69) is 45.4 Å². The number of rotatable bonds is 5. The average Bonchev–Trinajstić information content (AvgIpc) is 3.15. The van der Waals surface area contributed by atoms with E-state index in [-0.39, 0.29) is 0 Å². The molecule has 1 saturated carbocycles. The van der Waals surface area contributed by atoms with Crippen molar-refractivity contribution in [2.75, 3.05) is 11.6 Å². The van der Waals surface area contributed by atoms with Crippen molar-refractivity contribution < 1.29 is 0 Å². The highest BCUT2D eigenvalue weighted by Crippen LogP contribution is 2.35. The Morgan fingerprint density at radius 1 is 1.44 bits per heavy atom. The molecule has 2 aromatic rings. The Balaban J connectivity index is 1.67. The van der Waals surface area contributed by atoms with Crippen LogP contribution < -0.4 is 5.32 Å². The van der Waals surface area contributed by atoms with Gasteiger partial charge in [0.25, 0.3) is 0 Å². The standard InChI is InChI=1S/C14H17N3S/c1-18-14-4-2-3-11(7-14)16-9-13-8-15-10-17(13)12-5-6-12/h2-4,7-8,10,12,16H,5-6,9H2,1H3. The van der Waals surface area contributed by atoms with Gasteiger partial charge in [0.2, 0.25) is 0 Å². The molecule has 0 atom stereocenters. The summed E-state index contributed by atoms with van der Waals surface area (Å²) in [6.07, 6.45) is 8.61. The maximum Gasteiger partial charge on any atom is 0.0951 e. The third kappa shape index (κ3) is 2.53. The Morgan fingerprint density at radius 3 is 3.11 bits per heavy atom. The predicted octanol–water partition coefficient (Wildman–Crippen LogP) is 3.55. The van der Waals surface area contributed by atoms with E-state index >= 15 is 0 Å². The molecule has 1 fully saturated rings. The summed E-state index contributed by atoms with van der Waals surface area (Å²) in [5, 5.41) is 3.47. The molecular formula is C14H17N3S. The van der Waals surface area contributed by atoms with Crippen LogP contribution in [0.25, 0.3) is 0 Å². The summed E-state index contributed by atoms with van der Waals surface area (Å²) in [6.45, 7) is 0.842. The Hall–Kier alpha value is -1.42. The fraction of sp³-hybridized carbons (Fsp3) is 0.357. The molecule has 1 aromatic heterocycles. The van der Waals surface area contributed by atoms with Gasteiger partial charge in [0, 0.05) is 22.8 Å². The number of nitrogens with one attached hydrogen (secondary N) is 1. The number of hydrogen-bond donors (Lipinski definition) is 1. The van der Waals surface area contributed by atoms with Crippen LogP contribution in [0.1, 0.15) is 24.6 Å². The first-order chi connectivity index (χ1) is 8.86. The second-order valence-corrected chi connectivity index (χ2v) is 5.49. The van der Waals surface area contributed by atoms with Crippen LogP contribution in [0, 0.1) is 0 Å². The number of imidazole rings is 1. The van der Waals surface area contributed by atoms with Crippen LogP contribution in [-0.2, 0) is 6.54 Å². The van der Waals surface area contributed by atoms with E-state index in [4.69, 9.17) is 0 Å². The summed E-state index contributed by atoms with van der Waals surface area (Å²) >= 11 is 1.77. The van der Waals surface area contributed by atoms with Crippen LogP contribution in [0.2, 0.25) is 0 Å². The minimum absolute atomic E-state index is 0.696. The van der Waals surface area contributed by atoms with E-state index in [1.807, 2.05) is 12.5 Å². The van der Waals surface area contributed by atoms with Crippen molar-refractivity contribution in [2.45, 2.75) is 30.3 Å². The van der Waals surface area contributed by atoms with Gasteiger partial charge in [-0.3, -0.25) is 0 Å². The van der Waals surface area contributed by atoms with Gasteiger partial charge in [0.1, 0.15) is 0 Å². The number of anilines is 1. The molecule has 1 aliphatic carbocycles. The van der Waals surface area contributed by atoms with Crippen LogP contribution >= 0.6 is 11.8 Å². The molecule has 0 saturated heterocycles. The van der Waals surface area contributed by atoms with Crippen LogP contribution in [0.15, 0.2) is 41.7 Å². The van der Waals surface area contributed by atoms with E-state index < -0.39 is 0 Å². The van der Waals surface area contributed by atoms with Crippen molar-refractivity contribution in [3.05, 3.63) is 42.5 Å². The molecule has 3 nitrogen and oxygen atoms in total. The molecule has 1 N–H and O–H groups in total. The van der Waals surface area contributed by atoms with E-state index in [0.717, 1.165) is 6.54 Å². The van der Waals surface area contributed by atoms with Gasteiger partial charge in [0.05, 0.1) is 18.6 Å². The van der Waals surface area contributed by atoms with E-state index in [1.165, 1.54) is 29.1 Å². The van der Waals surface area contributed by atoms with E-state index in [0.29, 0.717) is 6.04 Å². The van der Waals surface area contributed by atoms with Crippen molar-refractivity contribution in [3.63, 3.8) is 0 Å². The maximum atomic E-state index is 4.25.